The summed E-state index contributed by atoms with van der Waals surface area (Å²) in [5.74, 6) is 3.75. The molecule has 2 aromatic rings. The standard InChI is InChI=1S/C29H42/c1-9-21(5)28(10-2)24(8)23(7)22(6)18-26-14-11-12-17-29(26)27-16-13-15-25(19-27)20(3)4/h11-17,19,21-24,28H,3,9-10,18H2,1-2,4-8H3/t21-,22+,23?,24-,28+/m1/s1. The highest BCUT2D eigenvalue weighted by Gasteiger charge is 2.28. The first kappa shape index (κ1) is 23.5. The van der Waals surface area contributed by atoms with E-state index in [1.807, 2.05) is 0 Å². The van der Waals surface area contributed by atoms with Gasteiger partial charge in [0.1, 0.15) is 0 Å². The third-order valence-electron chi connectivity index (χ3n) is 7.47. The van der Waals surface area contributed by atoms with Crippen LogP contribution in [0, 0.1) is 29.6 Å². The molecule has 2 rings (SSSR count). The number of rotatable bonds is 10. The van der Waals surface area contributed by atoms with Gasteiger partial charge in [-0.2, -0.15) is 0 Å². The molecular weight excluding hydrogens is 348 g/mol. The van der Waals surface area contributed by atoms with E-state index in [0.717, 1.165) is 29.7 Å². The average Bonchev–Trinajstić information content (AvgIpc) is 2.73. The molecule has 158 valence electrons. The van der Waals surface area contributed by atoms with E-state index in [0.29, 0.717) is 11.8 Å². The first-order valence-corrected chi connectivity index (χ1v) is 11.6. The predicted molar refractivity (Wildman–Crippen MR) is 131 cm³/mol. The smallest absolute Gasteiger partial charge is 0.0152 e. The lowest BCUT2D eigenvalue weighted by Crippen LogP contribution is -2.28. The highest BCUT2D eigenvalue weighted by molar-refractivity contribution is 5.73. The Balaban J connectivity index is 2.24. The van der Waals surface area contributed by atoms with Gasteiger partial charge in [0, 0.05) is 0 Å². The molecule has 0 heteroatoms. The maximum Gasteiger partial charge on any atom is -0.0152 e. The Morgan fingerprint density at radius 2 is 1.52 bits per heavy atom. The molecule has 0 amide bonds. The summed E-state index contributed by atoms with van der Waals surface area (Å²) in [7, 11) is 0. The Kier molecular flexibility index (Phi) is 8.75. The van der Waals surface area contributed by atoms with E-state index in [-0.39, 0.29) is 0 Å². The molecule has 0 spiro atoms. The Labute approximate surface area is 180 Å². The third kappa shape index (κ3) is 5.84. The van der Waals surface area contributed by atoms with E-state index in [1.165, 1.54) is 35.1 Å². The zero-order valence-electron chi connectivity index (χ0n) is 19.8. The molecule has 1 unspecified atom stereocenters. The molecule has 0 fully saturated rings. The van der Waals surface area contributed by atoms with Gasteiger partial charge in [-0.25, -0.2) is 0 Å². The van der Waals surface area contributed by atoms with E-state index in [2.05, 4.69) is 104 Å². The summed E-state index contributed by atoms with van der Waals surface area (Å²) >= 11 is 0. The van der Waals surface area contributed by atoms with Crippen LogP contribution in [0.5, 0.6) is 0 Å². The molecule has 5 atom stereocenters. The van der Waals surface area contributed by atoms with Gasteiger partial charge in [0.05, 0.1) is 0 Å². The number of hydrogen-bond acceptors (Lipinski definition) is 0. The summed E-state index contributed by atoms with van der Waals surface area (Å²) in [5.41, 5.74) is 6.49. The van der Waals surface area contributed by atoms with Crippen LogP contribution in [-0.4, -0.2) is 0 Å². The first-order valence-electron chi connectivity index (χ1n) is 11.6. The van der Waals surface area contributed by atoms with Gasteiger partial charge in [-0.15, -0.1) is 0 Å². The second-order valence-electron chi connectivity index (χ2n) is 9.38. The van der Waals surface area contributed by atoms with Crippen molar-refractivity contribution in [2.24, 2.45) is 29.6 Å². The van der Waals surface area contributed by atoms with Crippen LogP contribution >= 0.6 is 0 Å². The molecule has 0 saturated heterocycles. The molecule has 0 aromatic heterocycles. The molecule has 2 aromatic carbocycles. The molecule has 0 heterocycles. The number of allylic oxidation sites excluding steroid dienone is 1. The van der Waals surface area contributed by atoms with E-state index in [9.17, 15) is 0 Å². The van der Waals surface area contributed by atoms with Crippen LogP contribution in [0.4, 0.5) is 0 Å². The average molecular weight is 391 g/mol. The minimum Gasteiger partial charge on any atom is -0.0955 e. The van der Waals surface area contributed by atoms with Crippen molar-refractivity contribution >= 4 is 5.57 Å². The zero-order chi connectivity index (χ0) is 21.6. The summed E-state index contributed by atoms with van der Waals surface area (Å²) in [6.07, 6.45) is 3.71. The molecule has 0 aliphatic heterocycles. The monoisotopic (exact) mass is 390 g/mol. The largest absolute Gasteiger partial charge is 0.0955 e. The van der Waals surface area contributed by atoms with Crippen LogP contribution < -0.4 is 0 Å². The number of benzene rings is 2. The highest BCUT2D eigenvalue weighted by atomic mass is 14.3. The van der Waals surface area contributed by atoms with Gasteiger partial charge in [0.15, 0.2) is 0 Å². The van der Waals surface area contributed by atoms with Crippen molar-refractivity contribution in [1.29, 1.82) is 0 Å². The summed E-state index contributed by atoms with van der Waals surface area (Å²) < 4.78 is 0. The van der Waals surface area contributed by atoms with Gasteiger partial charge in [-0.1, -0.05) is 109 Å². The fourth-order valence-corrected chi connectivity index (χ4v) is 4.97. The molecular formula is C29H42. The Morgan fingerprint density at radius 3 is 2.14 bits per heavy atom. The van der Waals surface area contributed by atoms with E-state index < -0.39 is 0 Å². The maximum atomic E-state index is 4.12. The molecule has 0 aliphatic carbocycles. The second kappa shape index (κ2) is 10.8. The third-order valence-corrected chi connectivity index (χ3v) is 7.47. The zero-order valence-corrected chi connectivity index (χ0v) is 19.8. The van der Waals surface area contributed by atoms with Crippen LogP contribution in [0.3, 0.4) is 0 Å². The van der Waals surface area contributed by atoms with Crippen molar-refractivity contribution in [3.8, 4) is 11.1 Å². The first-order chi connectivity index (χ1) is 13.8. The van der Waals surface area contributed by atoms with Gasteiger partial charge in [-0.05, 0) is 71.3 Å². The Morgan fingerprint density at radius 1 is 0.828 bits per heavy atom. The topological polar surface area (TPSA) is 0 Å². The summed E-state index contributed by atoms with van der Waals surface area (Å²) in [4.78, 5) is 0. The van der Waals surface area contributed by atoms with E-state index >= 15 is 0 Å². The lowest BCUT2D eigenvalue weighted by atomic mass is 9.70. The lowest BCUT2D eigenvalue weighted by molar-refractivity contribution is 0.148. The highest BCUT2D eigenvalue weighted by Crippen LogP contribution is 2.37. The summed E-state index contributed by atoms with van der Waals surface area (Å²) in [6.45, 7) is 20.8. The van der Waals surface area contributed by atoms with Crippen molar-refractivity contribution in [2.75, 3.05) is 0 Å². The van der Waals surface area contributed by atoms with Gasteiger partial charge in [0.25, 0.3) is 0 Å². The molecule has 0 aliphatic rings. The normalized spacial score (nSPS) is 16.7. The molecule has 29 heavy (non-hydrogen) atoms. The lowest BCUT2D eigenvalue weighted by Gasteiger charge is -2.35. The minimum atomic E-state index is 0.661. The van der Waals surface area contributed by atoms with Crippen molar-refractivity contribution in [3.05, 3.63) is 66.2 Å². The van der Waals surface area contributed by atoms with Crippen LogP contribution in [0.1, 0.15) is 72.4 Å². The van der Waals surface area contributed by atoms with Crippen molar-refractivity contribution in [2.45, 2.75) is 67.7 Å². The van der Waals surface area contributed by atoms with Gasteiger partial charge >= 0.3 is 0 Å². The van der Waals surface area contributed by atoms with Crippen LogP contribution in [-0.2, 0) is 6.42 Å². The summed E-state index contributed by atoms with van der Waals surface area (Å²) in [6, 6.07) is 17.8. The maximum absolute atomic E-state index is 4.12. The molecule has 0 bridgehead atoms. The van der Waals surface area contributed by atoms with Crippen molar-refractivity contribution < 1.29 is 0 Å². The Bertz CT molecular complexity index is 784. The minimum absolute atomic E-state index is 0.661. The number of hydrogen-bond donors (Lipinski definition) is 0. The second-order valence-corrected chi connectivity index (χ2v) is 9.38. The van der Waals surface area contributed by atoms with E-state index in [1.54, 1.807) is 0 Å². The predicted octanol–water partition coefficient (Wildman–Crippen LogP) is 8.91. The van der Waals surface area contributed by atoms with Crippen LogP contribution in [0.2, 0.25) is 0 Å². The van der Waals surface area contributed by atoms with Crippen molar-refractivity contribution in [1.82, 2.24) is 0 Å². The van der Waals surface area contributed by atoms with E-state index in [4.69, 9.17) is 0 Å². The van der Waals surface area contributed by atoms with Gasteiger partial charge in [-0.3, -0.25) is 0 Å². The molecule has 0 nitrogen and oxygen atoms in total. The molecule has 0 saturated carbocycles. The van der Waals surface area contributed by atoms with Crippen LogP contribution in [0.15, 0.2) is 55.1 Å². The SMILES string of the molecule is C=C(C)c1cccc(-c2ccccc2C[C@H](C)C(C)[C@@H](C)[C@@H](CC)[C@H](C)CC)c1. The van der Waals surface area contributed by atoms with Gasteiger partial charge in [0.2, 0.25) is 0 Å². The fourth-order valence-electron chi connectivity index (χ4n) is 4.97. The van der Waals surface area contributed by atoms with Crippen molar-refractivity contribution in [3.63, 3.8) is 0 Å². The van der Waals surface area contributed by atoms with Gasteiger partial charge < -0.3 is 0 Å². The van der Waals surface area contributed by atoms with Crippen LogP contribution in [0.25, 0.3) is 16.7 Å². The fraction of sp³-hybridized carbons (Fsp3) is 0.517. The molecule has 0 N–H and O–H groups in total. The molecule has 0 radical (unpaired) electrons. The summed E-state index contributed by atoms with van der Waals surface area (Å²) in [5, 5.41) is 0. The Hall–Kier alpha value is -1.82. The quantitative estimate of drug-likeness (QED) is 0.380.